The third kappa shape index (κ3) is 1.39. The predicted molar refractivity (Wildman–Crippen MR) is 41.8 cm³/mol. The first-order chi connectivity index (χ1) is 4.75. The van der Waals surface area contributed by atoms with Crippen LogP contribution in [0.1, 0.15) is 39.5 Å². The zero-order valence-electron chi connectivity index (χ0n) is 6.89. The smallest absolute Gasteiger partial charge is 0.138 e. The molecule has 0 bridgehead atoms. The molecule has 10 heavy (non-hydrogen) atoms. The summed E-state index contributed by atoms with van der Waals surface area (Å²) in [6.45, 7) is 4.17. The molecular formula is C9H16O. The van der Waals surface area contributed by atoms with E-state index < -0.39 is 0 Å². The minimum Gasteiger partial charge on any atom is -0.299 e. The quantitative estimate of drug-likeness (QED) is 0.546. The Bertz CT molecular complexity index is 129. The van der Waals surface area contributed by atoms with Gasteiger partial charge in [0.25, 0.3) is 0 Å². The largest absolute Gasteiger partial charge is 0.299 e. The molecule has 0 N–H and O–H groups in total. The first-order valence-electron chi connectivity index (χ1n) is 4.29. The fourth-order valence-corrected chi connectivity index (χ4v) is 1.76. The van der Waals surface area contributed by atoms with Gasteiger partial charge < -0.3 is 0 Å². The SMILES string of the molecule is CCC1CCCC(C)C1=O. The van der Waals surface area contributed by atoms with E-state index in [9.17, 15) is 4.79 Å². The molecule has 0 saturated heterocycles. The van der Waals surface area contributed by atoms with Crippen LogP contribution in [0, 0.1) is 11.8 Å². The van der Waals surface area contributed by atoms with Crippen LogP contribution in [0.3, 0.4) is 0 Å². The van der Waals surface area contributed by atoms with E-state index in [1.54, 1.807) is 0 Å². The van der Waals surface area contributed by atoms with Gasteiger partial charge in [-0.25, -0.2) is 0 Å². The van der Waals surface area contributed by atoms with E-state index in [0.29, 0.717) is 17.6 Å². The van der Waals surface area contributed by atoms with Crippen molar-refractivity contribution in [2.24, 2.45) is 11.8 Å². The van der Waals surface area contributed by atoms with Gasteiger partial charge in [-0.2, -0.15) is 0 Å². The Labute approximate surface area is 62.8 Å². The maximum Gasteiger partial charge on any atom is 0.138 e. The van der Waals surface area contributed by atoms with E-state index in [2.05, 4.69) is 13.8 Å². The van der Waals surface area contributed by atoms with Gasteiger partial charge in [0.05, 0.1) is 0 Å². The number of hydrogen-bond donors (Lipinski definition) is 0. The molecule has 0 aromatic carbocycles. The second-order valence-electron chi connectivity index (χ2n) is 3.34. The first-order valence-corrected chi connectivity index (χ1v) is 4.29. The van der Waals surface area contributed by atoms with Gasteiger partial charge in [-0.05, 0) is 19.3 Å². The van der Waals surface area contributed by atoms with Crippen LogP contribution in [0.4, 0.5) is 0 Å². The lowest BCUT2D eigenvalue weighted by atomic mass is 9.80. The van der Waals surface area contributed by atoms with Crippen LogP contribution in [0.5, 0.6) is 0 Å². The van der Waals surface area contributed by atoms with Crippen molar-refractivity contribution in [2.75, 3.05) is 0 Å². The van der Waals surface area contributed by atoms with Gasteiger partial charge in [-0.15, -0.1) is 0 Å². The van der Waals surface area contributed by atoms with Crippen LogP contribution in [-0.4, -0.2) is 5.78 Å². The lowest BCUT2D eigenvalue weighted by Gasteiger charge is -2.23. The van der Waals surface area contributed by atoms with Crippen molar-refractivity contribution in [3.63, 3.8) is 0 Å². The molecule has 1 aliphatic rings. The monoisotopic (exact) mass is 140 g/mol. The van der Waals surface area contributed by atoms with Crippen molar-refractivity contribution in [1.82, 2.24) is 0 Å². The molecule has 0 amide bonds. The highest BCUT2D eigenvalue weighted by atomic mass is 16.1. The van der Waals surface area contributed by atoms with Gasteiger partial charge in [0, 0.05) is 11.8 Å². The van der Waals surface area contributed by atoms with Crippen molar-refractivity contribution in [3.05, 3.63) is 0 Å². The summed E-state index contributed by atoms with van der Waals surface area (Å²) in [6.07, 6.45) is 4.56. The summed E-state index contributed by atoms with van der Waals surface area (Å²) >= 11 is 0. The standard InChI is InChI=1S/C9H16O/c1-3-8-6-4-5-7(2)9(8)10/h7-8H,3-6H2,1-2H3. The normalized spacial score (nSPS) is 34.4. The molecule has 0 spiro atoms. The van der Waals surface area contributed by atoms with Crippen LogP contribution in [0.25, 0.3) is 0 Å². The second-order valence-corrected chi connectivity index (χ2v) is 3.34. The molecule has 0 aromatic rings. The van der Waals surface area contributed by atoms with Gasteiger partial charge >= 0.3 is 0 Å². The fourth-order valence-electron chi connectivity index (χ4n) is 1.76. The van der Waals surface area contributed by atoms with Crippen LogP contribution >= 0.6 is 0 Å². The molecule has 0 aromatic heterocycles. The first kappa shape index (κ1) is 7.77. The highest BCUT2D eigenvalue weighted by Crippen LogP contribution is 2.26. The molecule has 1 fully saturated rings. The Morgan fingerprint density at radius 3 is 2.70 bits per heavy atom. The molecular weight excluding hydrogens is 124 g/mol. The van der Waals surface area contributed by atoms with Crippen LogP contribution < -0.4 is 0 Å². The molecule has 0 heterocycles. The lowest BCUT2D eigenvalue weighted by Crippen LogP contribution is -2.25. The predicted octanol–water partition coefficient (Wildman–Crippen LogP) is 2.40. The summed E-state index contributed by atoms with van der Waals surface area (Å²) in [7, 11) is 0. The highest BCUT2D eigenvalue weighted by Gasteiger charge is 2.26. The van der Waals surface area contributed by atoms with Gasteiger partial charge in [-0.1, -0.05) is 20.3 Å². The highest BCUT2D eigenvalue weighted by molar-refractivity contribution is 5.83. The number of rotatable bonds is 1. The van der Waals surface area contributed by atoms with E-state index >= 15 is 0 Å². The average molecular weight is 140 g/mol. The molecule has 0 radical (unpaired) electrons. The van der Waals surface area contributed by atoms with E-state index in [1.165, 1.54) is 6.42 Å². The number of Topliss-reactive ketones (excluding diaryl/α,β-unsaturated/α-hetero) is 1. The van der Waals surface area contributed by atoms with E-state index in [4.69, 9.17) is 0 Å². The third-order valence-corrected chi connectivity index (χ3v) is 2.57. The van der Waals surface area contributed by atoms with E-state index in [-0.39, 0.29) is 0 Å². The van der Waals surface area contributed by atoms with Crippen LogP contribution in [0.15, 0.2) is 0 Å². The topological polar surface area (TPSA) is 17.1 Å². The van der Waals surface area contributed by atoms with E-state index in [1.807, 2.05) is 0 Å². The van der Waals surface area contributed by atoms with Crippen molar-refractivity contribution < 1.29 is 4.79 Å². The number of ketones is 1. The molecule has 1 nitrogen and oxygen atoms in total. The van der Waals surface area contributed by atoms with Gasteiger partial charge in [0.1, 0.15) is 5.78 Å². The number of hydrogen-bond acceptors (Lipinski definition) is 1. The Balaban J connectivity index is 2.51. The lowest BCUT2D eigenvalue weighted by molar-refractivity contribution is -0.128. The van der Waals surface area contributed by atoms with Gasteiger partial charge in [0.15, 0.2) is 0 Å². The van der Waals surface area contributed by atoms with Crippen molar-refractivity contribution in [1.29, 1.82) is 0 Å². The summed E-state index contributed by atoms with van der Waals surface area (Å²) in [5.74, 6) is 1.25. The minimum atomic E-state index is 0.346. The molecule has 1 aliphatic carbocycles. The van der Waals surface area contributed by atoms with E-state index in [0.717, 1.165) is 19.3 Å². The number of carbonyl (C=O) groups is 1. The zero-order valence-corrected chi connectivity index (χ0v) is 6.89. The van der Waals surface area contributed by atoms with Gasteiger partial charge in [-0.3, -0.25) is 4.79 Å². The Hall–Kier alpha value is -0.330. The molecule has 2 unspecified atom stereocenters. The molecule has 0 aliphatic heterocycles. The van der Waals surface area contributed by atoms with Crippen molar-refractivity contribution >= 4 is 5.78 Å². The molecule has 1 heteroatoms. The second kappa shape index (κ2) is 3.18. The fraction of sp³-hybridized carbons (Fsp3) is 0.889. The summed E-state index contributed by atoms with van der Waals surface area (Å²) in [5, 5.41) is 0. The Morgan fingerprint density at radius 2 is 2.20 bits per heavy atom. The average Bonchev–Trinajstić information content (AvgIpc) is 1.95. The molecule has 2 atom stereocenters. The summed E-state index contributed by atoms with van der Waals surface area (Å²) < 4.78 is 0. The van der Waals surface area contributed by atoms with Gasteiger partial charge in [0.2, 0.25) is 0 Å². The summed E-state index contributed by atoms with van der Waals surface area (Å²) in [6, 6.07) is 0. The van der Waals surface area contributed by atoms with Crippen molar-refractivity contribution in [2.45, 2.75) is 39.5 Å². The maximum atomic E-state index is 11.4. The summed E-state index contributed by atoms with van der Waals surface area (Å²) in [5.41, 5.74) is 0. The number of carbonyl (C=O) groups excluding carboxylic acids is 1. The van der Waals surface area contributed by atoms with Crippen molar-refractivity contribution in [3.8, 4) is 0 Å². The minimum absolute atomic E-state index is 0.346. The maximum absolute atomic E-state index is 11.4. The van der Waals surface area contributed by atoms with Crippen LogP contribution in [-0.2, 0) is 4.79 Å². The molecule has 58 valence electrons. The Morgan fingerprint density at radius 1 is 1.50 bits per heavy atom. The third-order valence-electron chi connectivity index (χ3n) is 2.57. The Kier molecular flexibility index (Phi) is 2.47. The van der Waals surface area contributed by atoms with Crippen LogP contribution in [0.2, 0.25) is 0 Å². The molecule has 1 rings (SSSR count). The summed E-state index contributed by atoms with van der Waals surface area (Å²) in [4.78, 5) is 11.4. The molecule has 1 saturated carbocycles. The zero-order chi connectivity index (χ0) is 7.56.